The molecule has 0 aromatic carbocycles. The molecule has 32 heavy (non-hydrogen) atoms. The summed E-state index contributed by atoms with van der Waals surface area (Å²) in [6, 6.07) is 2.25. The zero-order chi connectivity index (χ0) is 23.1. The van der Waals surface area contributed by atoms with E-state index in [0.717, 1.165) is 37.3 Å². The third-order valence-electron chi connectivity index (χ3n) is 4.92. The van der Waals surface area contributed by atoms with Gasteiger partial charge < -0.3 is 10.6 Å². The molecule has 1 aliphatic rings. The molecule has 0 bridgehead atoms. The minimum Gasteiger partial charge on any atom is -0.365 e. The fourth-order valence-corrected chi connectivity index (χ4v) is 3.23. The number of alkyl halides is 3. The molecule has 0 amide bonds. The van der Waals surface area contributed by atoms with Crippen LogP contribution in [0.15, 0.2) is 37.1 Å². The third-order valence-corrected chi connectivity index (χ3v) is 4.92. The fourth-order valence-electron chi connectivity index (χ4n) is 3.23. The third kappa shape index (κ3) is 5.84. The van der Waals surface area contributed by atoms with Gasteiger partial charge >= 0.3 is 6.18 Å². The Morgan fingerprint density at radius 2 is 1.91 bits per heavy atom. The molecule has 3 aromatic rings. The first kappa shape index (κ1) is 23.3. The second-order valence-electron chi connectivity index (χ2n) is 7.22. The normalized spacial score (nSPS) is 18.4. The Balaban J connectivity index is 0.000000186. The SMILES string of the molecule is C[C@@H]1NCCC[C@H]1Nc1cnc(C(F)(F)F)cn1.Cc1ccnc(C=O)c1-n1nccn1. The van der Waals surface area contributed by atoms with Gasteiger partial charge in [0.2, 0.25) is 0 Å². The Morgan fingerprint density at radius 1 is 1.16 bits per heavy atom. The van der Waals surface area contributed by atoms with Crippen LogP contribution in [-0.2, 0) is 6.18 Å². The van der Waals surface area contributed by atoms with Crippen LogP contribution in [0.3, 0.4) is 0 Å². The van der Waals surface area contributed by atoms with Crippen LogP contribution in [0.4, 0.5) is 19.0 Å². The molecule has 0 spiro atoms. The van der Waals surface area contributed by atoms with E-state index in [1.54, 1.807) is 18.6 Å². The highest BCUT2D eigenvalue weighted by atomic mass is 19.4. The number of nitrogens with zero attached hydrogens (tertiary/aromatic N) is 6. The predicted molar refractivity (Wildman–Crippen MR) is 110 cm³/mol. The summed E-state index contributed by atoms with van der Waals surface area (Å²) in [5.41, 5.74) is 0.926. The summed E-state index contributed by atoms with van der Waals surface area (Å²) < 4.78 is 36.9. The maximum absolute atomic E-state index is 12.3. The number of piperidine rings is 1. The van der Waals surface area contributed by atoms with Gasteiger partial charge in [-0.15, -0.1) is 4.80 Å². The molecule has 1 fully saturated rings. The Hall–Kier alpha value is -3.41. The first-order chi connectivity index (χ1) is 15.3. The Kier molecular flexibility index (Phi) is 7.46. The molecule has 0 radical (unpaired) electrons. The van der Waals surface area contributed by atoms with E-state index in [2.05, 4.69) is 35.8 Å². The molecule has 12 heteroatoms. The van der Waals surface area contributed by atoms with Crippen LogP contribution in [0.2, 0.25) is 0 Å². The maximum Gasteiger partial charge on any atom is 0.434 e. The highest BCUT2D eigenvalue weighted by molar-refractivity contribution is 5.78. The van der Waals surface area contributed by atoms with Crippen molar-refractivity contribution in [3.8, 4) is 5.69 Å². The van der Waals surface area contributed by atoms with Crippen molar-refractivity contribution < 1.29 is 18.0 Å². The summed E-state index contributed by atoms with van der Waals surface area (Å²) in [6.45, 7) is 4.89. The van der Waals surface area contributed by atoms with Gasteiger partial charge in [-0.1, -0.05) is 0 Å². The van der Waals surface area contributed by atoms with Crippen LogP contribution in [0.1, 0.15) is 41.5 Å². The predicted octanol–water partition coefficient (Wildman–Crippen LogP) is 2.83. The van der Waals surface area contributed by atoms with Crippen LogP contribution < -0.4 is 10.6 Å². The average Bonchev–Trinajstić information content (AvgIpc) is 3.30. The molecule has 170 valence electrons. The minimum atomic E-state index is -4.44. The van der Waals surface area contributed by atoms with Gasteiger partial charge in [-0.25, -0.2) is 9.97 Å². The minimum absolute atomic E-state index is 0.171. The summed E-state index contributed by atoms with van der Waals surface area (Å²) in [4.78, 5) is 23.2. The van der Waals surface area contributed by atoms with E-state index < -0.39 is 11.9 Å². The molecule has 4 heterocycles. The number of aryl methyl sites for hydroxylation is 1. The molecule has 0 aliphatic carbocycles. The van der Waals surface area contributed by atoms with E-state index in [1.807, 2.05) is 19.9 Å². The van der Waals surface area contributed by atoms with E-state index in [0.29, 0.717) is 23.5 Å². The lowest BCUT2D eigenvalue weighted by Gasteiger charge is -2.30. The van der Waals surface area contributed by atoms with Gasteiger partial charge in [-0.2, -0.15) is 23.4 Å². The van der Waals surface area contributed by atoms with E-state index in [9.17, 15) is 18.0 Å². The molecule has 1 saturated heterocycles. The molecule has 0 saturated carbocycles. The number of aldehydes is 1. The summed E-state index contributed by atoms with van der Waals surface area (Å²) >= 11 is 0. The second kappa shape index (κ2) is 10.3. The Morgan fingerprint density at radius 3 is 2.50 bits per heavy atom. The van der Waals surface area contributed by atoms with E-state index in [1.165, 1.54) is 4.80 Å². The van der Waals surface area contributed by atoms with Crippen LogP contribution >= 0.6 is 0 Å². The number of hydrogen-bond acceptors (Lipinski definition) is 8. The zero-order valence-corrected chi connectivity index (χ0v) is 17.5. The first-order valence-corrected chi connectivity index (χ1v) is 9.96. The first-order valence-electron chi connectivity index (χ1n) is 9.96. The highest BCUT2D eigenvalue weighted by Crippen LogP contribution is 2.27. The Labute approximate surface area is 182 Å². The van der Waals surface area contributed by atoms with Gasteiger partial charge in [-0.3, -0.25) is 9.78 Å². The maximum atomic E-state index is 12.3. The van der Waals surface area contributed by atoms with Gasteiger partial charge in [0.1, 0.15) is 17.2 Å². The van der Waals surface area contributed by atoms with Crippen LogP contribution in [-0.4, -0.2) is 54.9 Å². The lowest BCUT2D eigenvalue weighted by atomic mass is 10.00. The summed E-state index contributed by atoms with van der Waals surface area (Å²) in [5, 5.41) is 14.3. The van der Waals surface area contributed by atoms with Crippen molar-refractivity contribution in [2.24, 2.45) is 0 Å². The van der Waals surface area contributed by atoms with Crippen molar-refractivity contribution in [3.63, 3.8) is 0 Å². The molecule has 2 N–H and O–H groups in total. The number of carbonyl (C=O) groups is 1. The monoisotopic (exact) mass is 448 g/mol. The smallest absolute Gasteiger partial charge is 0.365 e. The second-order valence-corrected chi connectivity index (χ2v) is 7.22. The highest BCUT2D eigenvalue weighted by Gasteiger charge is 2.33. The lowest BCUT2D eigenvalue weighted by molar-refractivity contribution is -0.141. The molecular formula is C20H23F3N8O. The quantitative estimate of drug-likeness (QED) is 0.587. The zero-order valence-electron chi connectivity index (χ0n) is 17.5. The number of nitrogens with one attached hydrogen (secondary N) is 2. The summed E-state index contributed by atoms with van der Waals surface area (Å²) in [5.74, 6) is 0.378. The van der Waals surface area contributed by atoms with Gasteiger partial charge in [-0.05, 0) is 44.9 Å². The Bertz CT molecular complexity index is 1010. The van der Waals surface area contributed by atoms with Gasteiger partial charge in [0.25, 0.3) is 0 Å². The van der Waals surface area contributed by atoms with E-state index in [-0.39, 0.29) is 12.1 Å². The van der Waals surface area contributed by atoms with Gasteiger partial charge in [0.15, 0.2) is 12.0 Å². The molecular weight excluding hydrogens is 425 g/mol. The average molecular weight is 448 g/mol. The summed E-state index contributed by atoms with van der Waals surface area (Å²) in [7, 11) is 0. The summed E-state index contributed by atoms with van der Waals surface area (Å²) in [6.07, 6.45) is 4.85. The lowest BCUT2D eigenvalue weighted by Crippen LogP contribution is -2.46. The largest absolute Gasteiger partial charge is 0.434 e. The van der Waals surface area contributed by atoms with Crippen molar-refractivity contribution in [1.29, 1.82) is 0 Å². The topological polar surface area (TPSA) is 111 Å². The van der Waals surface area contributed by atoms with Crippen LogP contribution in [0.5, 0.6) is 0 Å². The van der Waals surface area contributed by atoms with Crippen LogP contribution in [0, 0.1) is 6.92 Å². The molecule has 2 atom stereocenters. The van der Waals surface area contributed by atoms with E-state index in [4.69, 9.17) is 0 Å². The van der Waals surface area contributed by atoms with Crippen molar-refractivity contribution >= 4 is 12.1 Å². The van der Waals surface area contributed by atoms with E-state index >= 15 is 0 Å². The van der Waals surface area contributed by atoms with Crippen molar-refractivity contribution in [2.75, 3.05) is 11.9 Å². The van der Waals surface area contributed by atoms with Crippen LogP contribution in [0.25, 0.3) is 5.69 Å². The number of rotatable bonds is 4. The molecule has 9 nitrogen and oxygen atoms in total. The van der Waals surface area contributed by atoms with Crippen molar-refractivity contribution in [1.82, 2.24) is 35.3 Å². The number of carbonyl (C=O) groups excluding carboxylic acids is 1. The number of aromatic nitrogens is 6. The molecule has 4 rings (SSSR count). The van der Waals surface area contributed by atoms with Crippen molar-refractivity contribution in [3.05, 3.63) is 54.0 Å². The number of halogens is 3. The number of anilines is 1. The molecule has 0 unspecified atom stereocenters. The number of pyridine rings is 1. The molecule has 3 aromatic heterocycles. The fraction of sp³-hybridized carbons (Fsp3) is 0.400. The van der Waals surface area contributed by atoms with Crippen molar-refractivity contribution in [2.45, 2.75) is 44.9 Å². The number of hydrogen-bond donors (Lipinski definition) is 2. The standard InChI is InChI=1S/C11H15F3N4.C9H8N4O/c1-7-8(3-2-4-15-7)18-10-6-16-9(5-17-10)11(12,13)14;1-7-2-3-10-8(6-14)9(7)13-11-4-5-12-13/h5-8,15H,2-4H2,1H3,(H,17,18);2-6H,1H3/t7-,8+;/m0./s1. The molecule has 1 aliphatic heterocycles. The van der Waals surface area contributed by atoms with Gasteiger partial charge in [0, 0.05) is 18.3 Å². The van der Waals surface area contributed by atoms with Gasteiger partial charge in [0.05, 0.1) is 24.8 Å².